The molecule has 1 saturated carbocycles. The van der Waals surface area contributed by atoms with Crippen LogP contribution in [0.5, 0.6) is 0 Å². The summed E-state index contributed by atoms with van der Waals surface area (Å²) in [6.07, 6.45) is 3.24. The molecule has 35 heavy (non-hydrogen) atoms. The minimum atomic E-state index is -3.91. The predicted molar refractivity (Wildman–Crippen MR) is 132 cm³/mol. The molecule has 4 amide bonds. The molecule has 9 nitrogen and oxygen atoms in total. The zero-order chi connectivity index (χ0) is 25.4. The molecular weight excluding hydrogens is 468 g/mol. The van der Waals surface area contributed by atoms with Crippen molar-refractivity contribution in [1.29, 1.82) is 0 Å². The summed E-state index contributed by atoms with van der Waals surface area (Å²) in [5, 5.41) is 5.44. The number of imide groups is 1. The lowest BCUT2D eigenvalue weighted by atomic mass is 9.73. The molecule has 1 aliphatic carbocycles. The zero-order valence-corrected chi connectivity index (χ0v) is 20.9. The molecule has 4 rings (SSSR count). The number of urea groups is 1. The van der Waals surface area contributed by atoms with Crippen molar-refractivity contribution in [3.63, 3.8) is 0 Å². The molecule has 0 unspecified atom stereocenters. The molecule has 1 heterocycles. The fourth-order valence-electron chi connectivity index (χ4n) is 4.87. The van der Waals surface area contributed by atoms with Gasteiger partial charge in [0.05, 0.1) is 4.90 Å². The van der Waals surface area contributed by atoms with Crippen molar-refractivity contribution >= 4 is 39.2 Å². The predicted octanol–water partition coefficient (Wildman–Crippen LogP) is 3.54. The van der Waals surface area contributed by atoms with E-state index < -0.39 is 34.0 Å². The van der Waals surface area contributed by atoms with Gasteiger partial charge in [-0.3, -0.25) is 19.2 Å². The number of nitrogens with zero attached hydrogens (tertiary/aromatic N) is 1. The van der Waals surface area contributed by atoms with E-state index in [4.69, 9.17) is 0 Å². The standard InChI is InChI=1S/C25H30N4O5S/c1-16-7-6-9-20(13-16)28-35(33,34)21-14-19(11-10-17(21)2)26-22(30)15-29-23(31)25(27-24(29)32)12-5-4-8-18(25)3/h6-7,9-11,13-14,18,28H,4-5,8,12,15H2,1-3H3,(H,26,30)(H,27,32)/t18-,25-/m1/s1. The summed E-state index contributed by atoms with van der Waals surface area (Å²) in [5.41, 5.74) is 1.15. The van der Waals surface area contributed by atoms with E-state index in [1.165, 1.54) is 6.07 Å². The molecule has 2 aromatic carbocycles. The minimum absolute atomic E-state index is 0.00785. The smallest absolute Gasteiger partial charge is 0.324 e. The Morgan fingerprint density at radius 3 is 2.60 bits per heavy atom. The number of carbonyl (C=O) groups excluding carboxylic acids is 3. The number of benzene rings is 2. The van der Waals surface area contributed by atoms with E-state index in [-0.39, 0.29) is 22.4 Å². The third-order valence-electron chi connectivity index (χ3n) is 6.83. The number of hydrogen-bond acceptors (Lipinski definition) is 5. The van der Waals surface area contributed by atoms with Crippen LogP contribution in [-0.4, -0.2) is 43.2 Å². The van der Waals surface area contributed by atoms with E-state index in [0.717, 1.165) is 29.7 Å². The Bertz CT molecular complexity index is 1290. The molecule has 1 aliphatic heterocycles. The third-order valence-corrected chi connectivity index (χ3v) is 8.36. The van der Waals surface area contributed by atoms with Gasteiger partial charge in [-0.2, -0.15) is 0 Å². The van der Waals surface area contributed by atoms with Gasteiger partial charge in [0, 0.05) is 11.4 Å². The number of rotatable bonds is 6. The summed E-state index contributed by atoms with van der Waals surface area (Å²) in [6, 6.07) is 10.9. The van der Waals surface area contributed by atoms with Gasteiger partial charge in [-0.1, -0.05) is 38.0 Å². The van der Waals surface area contributed by atoms with Crippen LogP contribution in [0.25, 0.3) is 0 Å². The first-order valence-electron chi connectivity index (χ1n) is 11.7. The SMILES string of the molecule is Cc1cccc(NS(=O)(=O)c2cc(NC(=O)CN3C(=O)N[C@@]4(CCCC[C@H]4C)C3=O)ccc2C)c1. The fraction of sp³-hybridized carbons (Fsp3) is 0.400. The van der Waals surface area contributed by atoms with Crippen molar-refractivity contribution in [2.45, 2.75) is 56.9 Å². The Labute approximate surface area is 205 Å². The van der Waals surface area contributed by atoms with Gasteiger partial charge in [-0.05, 0) is 68.0 Å². The van der Waals surface area contributed by atoms with E-state index in [0.29, 0.717) is 17.7 Å². The first kappa shape index (κ1) is 24.7. The second-order valence-electron chi connectivity index (χ2n) is 9.44. The lowest BCUT2D eigenvalue weighted by molar-refractivity contribution is -0.136. The Hall–Kier alpha value is -3.40. The van der Waals surface area contributed by atoms with E-state index in [9.17, 15) is 22.8 Å². The van der Waals surface area contributed by atoms with Gasteiger partial charge in [-0.25, -0.2) is 13.2 Å². The molecule has 2 atom stereocenters. The first-order chi connectivity index (χ1) is 16.5. The molecule has 2 fully saturated rings. The minimum Gasteiger partial charge on any atom is -0.324 e. The summed E-state index contributed by atoms with van der Waals surface area (Å²) in [4.78, 5) is 39.3. The lowest BCUT2D eigenvalue weighted by Crippen LogP contribution is -2.54. The second kappa shape index (κ2) is 9.33. The lowest BCUT2D eigenvalue weighted by Gasteiger charge is -2.36. The van der Waals surface area contributed by atoms with Crippen LogP contribution in [0.3, 0.4) is 0 Å². The molecule has 3 N–H and O–H groups in total. The molecule has 10 heteroatoms. The van der Waals surface area contributed by atoms with Crippen LogP contribution in [0.2, 0.25) is 0 Å². The van der Waals surface area contributed by atoms with E-state index in [2.05, 4.69) is 15.4 Å². The van der Waals surface area contributed by atoms with Gasteiger partial charge in [0.15, 0.2) is 0 Å². The summed E-state index contributed by atoms with van der Waals surface area (Å²) >= 11 is 0. The Kier molecular flexibility index (Phi) is 6.59. The quantitative estimate of drug-likeness (QED) is 0.526. The van der Waals surface area contributed by atoms with Crippen LogP contribution in [0.15, 0.2) is 47.4 Å². The van der Waals surface area contributed by atoms with Gasteiger partial charge >= 0.3 is 6.03 Å². The van der Waals surface area contributed by atoms with Crippen LogP contribution in [-0.2, 0) is 19.6 Å². The normalized spacial score (nSPS) is 22.3. The van der Waals surface area contributed by atoms with Crippen molar-refractivity contribution in [1.82, 2.24) is 10.2 Å². The van der Waals surface area contributed by atoms with E-state index in [1.54, 1.807) is 37.3 Å². The summed E-state index contributed by atoms with van der Waals surface area (Å²) < 4.78 is 28.6. The van der Waals surface area contributed by atoms with Crippen LogP contribution in [0.4, 0.5) is 16.2 Å². The fourth-order valence-corrected chi connectivity index (χ4v) is 6.19. The van der Waals surface area contributed by atoms with E-state index >= 15 is 0 Å². The maximum atomic E-state index is 13.1. The van der Waals surface area contributed by atoms with Gasteiger partial charge in [0.1, 0.15) is 12.1 Å². The highest BCUT2D eigenvalue weighted by molar-refractivity contribution is 7.92. The average molecular weight is 499 g/mol. The zero-order valence-electron chi connectivity index (χ0n) is 20.1. The summed E-state index contributed by atoms with van der Waals surface area (Å²) in [5.74, 6) is -0.973. The maximum absolute atomic E-state index is 13.1. The average Bonchev–Trinajstić information content (AvgIpc) is 3.01. The van der Waals surface area contributed by atoms with Gasteiger partial charge in [0.25, 0.3) is 15.9 Å². The van der Waals surface area contributed by atoms with Gasteiger partial charge in [-0.15, -0.1) is 0 Å². The van der Waals surface area contributed by atoms with Crippen molar-refractivity contribution < 1.29 is 22.8 Å². The Morgan fingerprint density at radius 2 is 1.89 bits per heavy atom. The number of anilines is 2. The molecule has 186 valence electrons. The topological polar surface area (TPSA) is 125 Å². The van der Waals surface area contributed by atoms with Crippen LogP contribution in [0, 0.1) is 19.8 Å². The molecule has 1 spiro atoms. The molecule has 2 aromatic rings. The van der Waals surface area contributed by atoms with Crippen molar-refractivity contribution in [2.24, 2.45) is 5.92 Å². The number of hydrogen-bond donors (Lipinski definition) is 3. The summed E-state index contributed by atoms with van der Waals surface area (Å²) in [7, 11) is -3.91. The highest BCUT2D eigenvalue weighted by Crippen LogP contribution is 2.38. The molecule has 2 aliphatic rings. The van der Waals surface area contributed by atoms with Gasteiger partial charge in [0.2, 0.25) is 5.91 Å². The second-order valence-corrected chi connectivity index (χ2v) is 11.1. The number of carbonyl (C=O) groups is 3. The van der Waals surface area contributed by atoms with Crippen LogP contribution >= 0.6 is 0 Å². The summed E-state index contributed by atoms with van der Waals surface area (Å²) in [6.45, 7) is 5.02. The highest BCUT2D eigenvalue weighted by Gasteiger charge is 2.55. The van der Waals surface area contributed by atoms with Crippen molar-refractivity contribution in [2.75, 3.05) is 16.6 Å². The van der Waals surface area contributed by atoms with E-state index in [1.807, 2.05) is 19.9 Å². The van der Waals surface area contributed by atoms with Gasteiger partial charge < -0.3 is 10.6 Å². The number of nitrogens with one attached hydrogen (secondary N) is 3. The molecule has 0 aromatic heterocycles. The third kappa shape index (κ3) is 4.88. The molecule has 1 saturated heterocycles. The highest BCUT2D eigenvalue weighted by atomic mass is 32.2. The van der Waals surface area contributed by atoms with Crippen molar-refractivity contribution in [3.8, 4) is 0 Å². The monoisotopic (exact) mass is 498 g/mol. The molecule has 0 bridgehead atoms. The largest absolute Gasteiger partial charge is 0.325 e. The van der Waals surface area contributed by atoms with Crippen LogP contribution in [0.1, 0.15) is 43.7 Å². The molecule has 0 radical (unpaired) electrons. The number of amides is 4. The number of sulfonamides is 1. The maximum Gasteiger partial charge on any atom is 0.325 e. The van der Waals surface area contributed by atoms with Crippen LogP contribution < -0.4 is 15.4 Å². The van der Waals surface area contributed by atoms with Crippen molar-refractivity contribution in [3.05, 3.63) is 53.6 Å². The number of aryl methyl sites for hydroxylation is 2. The Balaban J connectivity index is 1.48. The first-order valence-corrected chi connectivity index (χ1v) is 13.1. The Morgan fingerprint density at radius 1 is 1.11 bits per heavy atom. The molecular formula is C25H30N4O5S.